The summed E-state index contributed by atoms with van der Waals surface area (Å²) in [7, 11) is -7.57. The third-order valence-corrected chi connectivity index (χ3v) is 11.7. The maximum absolute atomic E-state index is 14.1. The zero-order chi connectivity index (χ0) is 28.6. The van der Waals surface area contributed by atoms with Gasteiger partial charge in [-0.05, 0) is 56.7 Å². The number of halogens is 3. The molecular formula is C26H28F3N5O4S2. The van der Waals surface area contributed by atoms with Gasteiger partial charge in [0.1, 0.15) is 5.82 Å². The summed E-state index contributed by atoms with van der Waals surface area (Å²) in [6, 6.07) is 7.25. The predicted octanol–water partition coefficient (Wildman–Crippen LogP) is 4.60. The van der Waals surface area contributed by atoms with Crippen molar-refractivity contribution in [3.63, 3.8) is 0 Å². The van der Waals surface area contributed by atoms with Gasteiger partial charge in [-0.3, -0.25) is 4.40 Å². The van der Waals surface area contributed by atoms with Crippen LogP contribution in [-0.2, 0) is 26.2 Å². The van der Waals surface area contributed by atoms with Crippen LogP contribution in [0, 0.1) is 12.8 Å². The first-order valence-corrected chi connectivity index (χ1v) is 16.1. The summed E-state index contributed by atoms with van der Waals surface area (Å²) in [5.74, 6) is -0.483. The molecule has 9 nitrogen and oxygen atoms in total. The summed E-state index contributed by atoms with van der Waals surface area (Å²) in [4.78, 5) is 8.24. The molecule has 214 valence electrons. The second-order valence-electron chi connectivity index (χ2n) is 10.7. The number of aryl methyl sites for hydroxylation is 1. The monoisotopic (exact) mass is 595 g/mol. The van der Waals surface area contributed by atoms with Crippen LogP contribution >= 0.6 is 0 Å². The molecule has 1 N–H and O–H groups in total. The number of alkyl halides is 3. The summed E-state index contributed by atoms with van der Waals surface area (Å²) in [5, 5.41) is -0.406. The predicted molar refractivity (Wildman–Crippen MR) is 142 cm³/mol. The van der Waals surface area contributed by atoms with E-state index < -0.39 is 49.1 Å². The number of hydrogen-bond acceptors (Lipinski definition) is 6. The normalized spacial score (nSPS) is 22.5. The first-order valence-electron chi connectivity index (χ1n) is 13.1. The van der Waals surface area contributed by atoms with Gasteiger partial charge in [0.25, 0.3) is 10.0 Å². The number of sulfonamides is 1. The highest BCUT2D eigenvalue weighted by Gasteiger charge is 2.44. The molecule has 2 fully saturated rings. The summed E-state index contributed by atoms with van der Waals surface area (Å²) in [6.07, 6.45) is 0.0929. The van der Waals surface area contributed by atoms with E-state index in [-0.39, 0.29) is 39.7 Å². The minimum Gasteiger partial charge on any atom is -0.291 e. The van der Waals surface area contributed by atoms with Crippen molar-refractivity contribution in [2.24, 2.45) is 5.92 Å². The number of benzene rings is 1. The molecule has 0 unspecified atom stereocenters. The van der Waals surface area contributed by atoms with Gasteiger partial charge < -0.3 is 0 Å². The van der Waals surface area contributed by atoms with E-state index in [1.807, 2.05) is 13.8 Å². The van der Waals surface area contributed by atoms with Crippen LogP contribution in [-0.4, -0.2) is 46.5 Å². The Morgan fingerprint density at radius 3 is 2.35 bits per heavy atom. The number of fused-ring (bicyclic) bond motifs is 3. The highest BCUT2D eigenvalue weighted by Crippen LogP contribution is 2.45. The molecule has 3 aromatic heterocycles. The SMILES string of the molecule is CC[C@@H]1C[C@H](NS(=O)(=O)C2CC2)C[C@@H]1c1nc(C(F)(F)F)c2cnc3c(ccn3S(=O)(=O)c3ccc(C)cc3)n12. The fraction of sp³-hybridized carbons (Fsp3) is 0.462. The smallest absolute Gasteiger partial charge is 0.291 e. The molecule has 0 bridgehead atoms. The Labute approximate surface area is 229 Å². The number of rotatable bonds is 7. The topological polar surface area (TPSA) is 115 Å². The third-order valence-electron chi connectivity index (χ3n) is 7.99. The average Bonchev–Trinajstić information content (AvgIpc) is 3.37. The van der Waals surface area contributed by atoms with Crippen LogP contribution in [0.5, 0.6) is 0 Å². The molecular weight excluding hydrogens is 567 g/mol. The lowest BCUT2D eigenvalue weighted by Crippen LogP contribution is -2.35. The van der Waals surface area contributed by atoms with Crippen LogP contribution in [0.4, 0.5) is 13.2 Å². The molecule has 0 spiro atoms. The molecule has 3 heterocycles. The van der Waals surface area contributed by atoms with E-state index in [9.17, 15) is 30.0 Å². The standard InChI is InChI=1S/C26H28F3N5O4S2/c1-3-16-12-17(32-39(35,36)18-8-9-18)13-20(16)24-31-23(26(27,28)29)22-14-30-25-21(34(22)24)10-11-33(25)40(37,38)19-6-4-15(2)5-7-19/h4-7,10-11,14,16-18,20,32H,3,8-9,12-13H2,1-2H3/t16-,17+,20+/m1/s1. The van der Waals surface area contributed by atoms with Crippen LogP contribution in [0.15, 0.2) is 47.6 Å². The molecule has 2 aliphatic carbocycles. The number of nitrogens with one attached hydrogen (secondary N) is 1. The average molecular weight is 596 g/mol. The van der Waals surface area contributed by atoms with Crippen LogP contribution < -0.4 is 4.72 Å². The van der Waals surface area contributed by atoms with Gasteiger partial charge in [0, 0.05) is 18.2 Å². The second-order valence-corrected chi connectivity index (χ2v) is 14.5. The molecule has 0 saturated heterocycles. The van der Waals surface area contributed by atoms with Crippen LogP contribution in [0.2, 0.25) is 0 Å². The summed E-state index contributed by atoms with van der Waals surface area (Å²) in [5.41, 5.74) is -0.376. The van der Waals surface area contributed by atoms with E-state index in [0.717, 1.165) is 15.7 Å². The van der Waals surface area contributed by atoms with Gasteiger partial charge in [0.2, 0.25) is 10.0 Å². The van der Waals surface area contributed by atoms with E-state index in [2.05, 4.69) is 14.7 Å². The molecule has 14 heteroatoms. The van der Waals surface area contributed by atoms with Crippen LogP contribution in [0.25, 0.3) is 16.7 Å². The highest BCUT2D eigenvalue weighted by atomic mass is 32.2. The Morgan fingerprint density at radius 2 is 1.73 bits per heavy atom. The molecule has 1 aromatic carbocycles. The first-order chi connectivity index (χ1) is 18.8. The number of imidazole rings is 1. The van der Waals surface area contributed by atoms with Crippen molar-refractivity contribution in [3.05, 3.63) is 59.8 Å². The van der Waals surface area contributed by atoms with Crippen molar-refractivity contribution in [1.82, 2.24) is 23.1 Å². The van der Waals surface area contributed by atoms with Crippen molar-refractivity contribution in [1.29, 1.82) is 0 Å². The van der Waals surface area contributed by atoms with Crippen molar-refractivity contribution < 1.29 is 30.0 Å². The largest absolute Gasteiger partial charge is 0.435 e. The number of hydrogen-bond donors (Lipinski definition) is 1. The van der Waals surface area contributed by atoms with E-state index in [1.165, 1.54) is 28.8 Å². The molecule has 0 radical (unpaired) electrons. The second kappa shape index (κ2) is 9.28. The van der Waals surface area contributed by atoms with Crippen LogP contribution in [0.3, 0.4) is 0 Å². The van der Waals surface area contributed by atoms with E-state index in [0.29, 0.717) is 25.7 Å². The Kier molecular flexibility index (Phi) is 6.31. The molecule has 0 amide bonds. The Balaban J connectivity index is 1.50. The molecule has 40 heavy (non-hydrogen) atoms. The Hall–Kier alpha value is -2.97. The highest BCUT2D eigenvalue weighted by molar-refractivity contribution is 7.90. The first kappa shape index (κ1) is 27.2. The zero-order valence-electron chi connectivity index (χ0n) is 21.8. The molecule has 2 aliphatic rings. The fourth-order valence-corrected chi connectivity index (χ4v) is 8.71. The molecule has 2 saturated carbocycles. The summed E-state index contributed by atoms with van der Waals surface area (Å²) < 4.78 is 99.6. The lowest BCUT2D eigenvalue weighted by atomic mass is 9.93. The lowest BCUT2D eigenvalue weighted by Gasteiger charge is -2.17. The molecule has 4 aromatic rings. The van der Waals surface area contributed by atoms with E-state index in [4.69, 9.17) is 0 Å². The number of nitrogens with zero attached hydrogens (tertiary/aromatic N) is 4. The van der Waals surface area contributed by atoms with Gasteiger partial charge in [-0.2, -0.15) is 13.2 Å². The van der Waals surface area contributed by atoms with Crippen molar-refractivity contribution in [2.75, 3.05) is 0 Å². The quantitative estimate of drug-likeness (QED) is 0.334. The maximum Gasteiger partial charge on any atom is 0.435 e. The van der Waals surface area contributed by atoms with Crippen molar-refractivity contribution in [3.8, 4) is 0 Å². The van der Waals surface area contributed by atoms with Crippen LogP contribution in [0.1, 0.15) is 62.0 Å². The minimum atomic E-state index is -4.78. The van der Waals surface area contributed by atoms with Gasteiger partial charge in [0.15, 0.2) is 11.3 Å². The van der Waals surface area contributed by atoms with Gasteiger partial charge >= 0.3 is 6.18 Å². The summed E-state index contributed by atoms with van der Waals surface area (Å²) in [6.45, 7) is 3.74. The lowest BCUT2D eigenvalue weighted by molar-refractivity contribution is -0.139. The third kappa shape index (κ3) is 4.49. The van der Waals surface area contributed by atoms with Gasteiger partial charge in [-0.15, -0.1) is 0 Å². The Morgan fingerprint density at radius 1 is 1.02 bits per heavy atom. The molecule has 3 atom stereocenters. The van der Waals surface area contributed by atoms with Crippen molar-refractivity contribution >= 4 is 36.7 Å². The van der Waals surface area contributed by atoms with Gasteiger partial charge in [-0.25, -0.2) is 35.5 Å². The molecule has 0 aliphatic heterocycles. The fourth-order valence-electron chi connectivity index (χ4n) is 5.81. The minimum absolute atomic E-state index is 0.0203. The van der Waals surface area contributed by atoms with Crippen molar-refractivity contribution in [2.45, 2.75) is 74.2 Å². The van der Waals surface area contributed by atoms with E-state index >= 15 is 0 Å². The number of aromatic nitrogens is 4. The summed E-state index contributed by atoms with van der Waals surface area (Å²) >= 11 is 0. The maximum atomic E-state index is 14.1. The Bertz CT molecular complexity index is 1830. The van der Waals surface area contributed by atoms with E-state index in [1.54, 1.807) is 12.1 Å². The van der Waals surface area contributed by atoms with Gasteiger partial charge in [-0.1, -0.05) is 31.0 Å². The van der Waals surface area contributed by atoms with Gasteiger partial charge in [0.05, 0.1) is 27.4 Å². The zero-order valence-corrected chi connectivity index (χ0v) is 23.4. The molecule has 6 rings (SSSR count).